The van der Waals surface area contributed by atoms with Crippen LogP contribution in [-0.2, 0) is 9.53 Å². The van der Waals surface area contributed by atoms with E-state index in [4.69, 9.17) is 4.74 Å². The Hall–Kier alpha value is -2.13. The number of hydrogen-bond donors (Lipinski definition) is 2. The Labute approximate surface area is 202 Å². The molecule has 8 nitrogen and oxygen atoms in total. The van der Waals surface area contributed by atoms with Crippen LogP contribution in [0.25, 0.3) is 0 Å². The molecular weight excluding hydrogens is 440 g/mol. The van der Waals surface area contributed by atoms with Crippen molar-refractivity contribution in [2.75, 3.05) is 45.1 Å². The van der Waals surface area contributed by atoms with Crippen LogP contribution in [0.1, 0.15) is 69.1 Å². The van der Waals surface area contributed by atoms with Crippen LogP contribution >= 0.6 is 11.3 Å². The fourth-order valence-electron chi connectivity index (χ4n) is 3.49. The van der Waals surface area contributed by atoms with Gasteiger partial charge in [0.25, 0.3) is 5.91 Å². The monoisotopic (exact) mass is 480 g/mol. The van der Waals surface area contributed by atoms with Crippen LogP contribution in [0.3, 0.4) is 0 Å². The van der Waals surface area contributed by atoms with Gasteiger partial charge in [0.2, 0.25) is 5.91 Å². The average molecular weight is 481 g/mol. The summed E-state index contributed by atoms with van der Waals surface area (Å²) in [5, 5.41) is 7.72. The molecule has 0 aromatic carbocycles. The van der Waals surface area contributed by atoms with Gasteiger partial charge in [-0.3, -0.25) is 14.5 Å². The quantitative estimate of drug-likeness (QED) is 0.547. The van der Waals surface area contributed by atoms with Crippen molar-refractivity contribution >= 4 is 34.9 Å². The van der Waals surface area contributed by atoms with Crippen LogP contribution in [0.2, 0.25) is 0 Å². The van der Waals surface area contributed by atoms with Gasteiger partial charge in [0.15, 0.2) is 0 Å². The van der Waals surface area contributed by atoms with Gasteiger partial charge in [0, 0.05) is 20.1 Å². The molecule has 1 aliphatic heterocycles. The molecule has 0 bridgehead atoms. The van der Waals surface area contributed by atoms with Crippen LogP contribution < -0.4 is 10.6 Å². The first-order valence-electron chi connectivity index (χ1n) is 11.6. The zero-order valence-electron chi connectivity index (χ0n) is 21.2. The molecule has 1 fully saturated rings. The van der Waals surface area contributed by atoms with Crippen molar-refractivity contribution in [3.8, 4) is 0 Å². The molecule has 2 heterocycles. The summed E-state index contributed by atoms with van der Waals surface area (Å²) < 4.78 is 5.32. The minimum Gasteiger partial charge on any atom is -0.444 e. The van der Waals surface area contributed by atoms with Gasteiger partial charge in [-0.05, 0) is 76.4 Å². The summed E-state index contributed by atoms with van der Waals surface area (Å²) >= 11 is 1.32. The molecule has 2 rings (SSSR count). The van der Waals surface area contributed by atoms with Crippen LogP contribution in [-0.4, -0.2) is 73.1 Å². The normalized spacial score (nSPS) is 16.2. The molecule has 0 atom stereocenters. The molecule has 1 aromatic heterocycles. The summed E-state index contributed by atoms with van der Waals surface area (Å²) in [5.41, 5.74) is 1.26. The molecule has 1 saturated heterocycles. The molecule has 0 aliphatic carbocycles. The van der Waals surface area contributed by atoms with Crippen molar-refractivity contribution in [1.29, 1.82) is 0 Å². The van der Waals surface area contributed by atoms with Crippen LogP contribution in [0, 0.1) is 12.3 Å². The first kappa shape index (κ1) is 27.1. The zero-order chi connectivity index (χ0) is 24.8. The maximum atomic E-state index is 12.7. The molecule has 9 heteroatoms. The predicted molar refractivity (Wildman–Crippen MR) is 133 cm³/mol. The zero-order valence-corrected chi connectivity index (χ0v) is 22.0. The number of amides is 3. The molecule has 186 valence electrons. The van der Waals surface area contributed by atoms with Crippen molar-refractivity contribution in [1.82, 2.24) is 15.1 Å². The van der Waals surface area contributed by atoms with E-state index in [1.165, 1.54) is 16.2 Å². The molecular formula is C24H40N4O4S. The maximum Gasteiger partial charge on any atom is 0.410 e. The van der Waals surface area contributed by atoms with Crippen molar-refractivity contribution in [2.24, 2.45) is 5.41 Å². The fraction of sp³-hybridized carbons (Fsp3) is 0.708. The second-order valence-electron chi connectivity index (χ2n) is 10.6. The molecule has 1 aliphatic rings. The van der Waals surface area contributed by atoms with Gasteiger partial charge < -0.3 is 20.3 Å². The molecule has 3 amide bonds. The molecule has 0 radical (unpaired) electrons. The number of likely N-dealkylation sites (tertiary alicyclic amines) is 1. The fourth-order valence-corrected chi connectivity index (χ4v) is 4.42. The number of ether oxygens (including phenoxy) is 1. The van der Waals surface area contributed by atoms with Crippen molar-refractivity contribution in [3.05, 3.63) is 15.8 Å². The van der Waals surface area contributed by atoms with E-state index in [9.17, 15) is 14.4 Å². The van der Waals surface area contributed by atoms with Gasteiger partial charge in [0.05, 0.1) is 12.2 Å². The lowest BCUT2D eigenvalue weighted by atomic mass is 9.83. The number of carbonyl (C=O) groups is 3. The van der Waals surface area contributed by atoms with E-state index >= 15 is 0 Å². The second kappa shape index (κ2) is 11.3. The van der Waals surface area contributed by atoms with Gasteiger partial charge in [-0.15, -0.1) is 11.3 Å². The number of nitrogens with one attached hydrogen (secondary N) is 2. The minimum absolute atomic E-state index is 0.0933. The van der Waals surface area contributed by atoms with E-state index in [1.54, 1.807) is 7.05 Å². The molecule has 1 aromatic rings. The molecule has 33 heavy (non-hydrogen) atoms. The largest absolute Gasteiger partial charge is 0.444 e. The number of anilines is 1. The second-order valence-corrected chi connectivity index (χ2v) is 11.5. The maximum absolute atomic E-state index is 12.7. The molecule has 2 N–H and O–H groups in total. The molecule has 0 saturated carbocycles. The number of hydrogen-bond acceptors (Lipinski definition) is 6. The van der Waals surface area contributed by atoms with Crippen molar-refractivity contribution in [3.63, 3.8) is 0 Å². The third-order valence-electron chi connectivity index (χ3n) is 5.68. The third kappa shape index (κ3) is 8.97. The number of nitrogens with zero attached hydrogens (tertiary/aromatic N) is 2. The third-order valence-corrected chi connectivity index (χ3v) is 6.78. The topological polar surface area (TPSA) is 91.0 Å². The van der Waals surface area contributed by atoms with Crippen LogP contribution in [0.4, 0.5) is 10.5 Å². The lowest BCUT2D eigenvalue weighted by molar-refractivity contribution is -0.117. The van der Waals surface area contributed by atoms with E-state index in [-0.39, 0.29) is 17.9 Å². The Morgan fingerprint density at radius 3 is 2.45 bits per heavy atom. The lowest BCUT2D eigenvalue weighted by Gasteiger charge is -2.36. The Morgan fingerprint density at radius 1 is 1.21 bits per heavy atom. The van der Waals surface area contributed by atoms with Crippen molar-refractivity contribution < 1.29 is 19.1 Å². The summed E-state index contributed by atoms with van der Waals surface area (Å²) in [7, 11) is 1.68. The Kier molecular flexibility index (Phi) is 9.31. The highest BCUT2D eigenvalue weighted by atomic mass is 32.1. The number of rotatable bonds is 8. The number of carbonyl (C=O) groups excluding carboxylic acids is 3. The van der Waals surface area contributed by atoms with Crippen molar-refractivity contribution in [2.45, 2.75) is 66.4 Å². The predicted octanol–water partition coefficient (Wildman–Crippen LogP) is 4.10. The average Bonchev–Trinajstić information content (AvgIpc) is 3.05. The van der Waals surface area contributed by atoms with E-state index in [1.807, 2.05) is 33.1 Å². The minimum atomic E-state index is -0.540. The molecule has 0 unspecified atom stereocenters. The highest BCUT2D eigenvalue weighted by Gasteiger charge is 2.27. The lowest BCUT2D eigenvalue weighted by Crippen LogP contribution is -2.41. The van der Waals surface area contributed by atoms with E-state index in [2.05, 4.69) is 29.4 Å². The van der Waals surface area contributed by atoms with Gasteiger partial charge in [-0.25, -0.2) is 4.79 Å². The van der Waals surface area contributed by atoms with E-state index in [0.29, 0.717) is 42.0 Å². The SMILES string of the molecule is Cc1csc(C(=O)NCCCN(C)C(=O)OC(C)(C)C)c1NC(=O)CN1CCC(C)(C)CC1. The van der Waals surface area contributed by atoms with E-state index < -0.39 is 5.60 Å². The first-order valence-corrected chi connectivity index (χ1v) is 12.5. The van der Waals surface area contributed by atoms with Crippen LogP contribution in [0.15, 0.2) is 5.38 Å². The Bertz CT molecular complexity index is 834. The number of piperidine rings is 1. The smallest absolute Gasteiger partial charge is 0.410 e. The summed E-state index contributed by atoms with van der Waals surface area (Å²) in [6, 6.07) is 0. The summed E-state index contributed by atoms with van der Waals surface area (Å²) in [5.74, 6) is -0.313. The number of aryl methyl sites for hydroxylation is 1. The first-order chi connectivity index (χ1) is 15.3. The summed E-state index contributed by atoms with van der Waals surface area (Å²) in [6.45, 7) is 14.9. The highest BCUT2D eigenvalue weighted by Crippen LogP contribution is 2.30. The van der Waals surface area contributed by atoms with Crippen LogP contribution in [0.5, 0.6) is 0 Å². The molecule has 0 spiro atoms. The Morgan fingerprint density at radius 2 is 1.85 bits per heavy atom. The van der Waals surface area contributed by atoms with Gasteiger partial charge in [-0.2, -0.15) is 0 Å². The standard InChI is InChI=1S/C24H40N4O4S/c1-17-16-33-20(19(17)26-18(29)15-28-13-9-24(5,6)10-14-28)21(30)25-11-8-12-27(7)22(31)32-23(2,3)4/h16H,8-15H2,1-7H3,(H,25,30)(H,26,29). The van der Waals surface area contributed by atoms with E-state index in [0.717, 1.165) is 31.5 Å². The Balaban J connectivity index is 1.81. The van der Waals surface area contributed by atoms with Gasteiger partial charge >= 0.3 is 6.09 Å². The summed E-state index contributed by atoms with van der Waals surface area (Å²) in [4.78, 5) is 41.5. The summed E-state index contributed by atoms with van der Waals surface area (Å²) in [6.07, 6.45) is 2.37. The van der Waals surface area contributed by atoms with Gasteiger partial charge in [-0.1, -0.05) is 13.8 Å². The van der Waals surface area contributed by atoms with Gasteiger partial charge in [0.1, 0.15) is 10.5 Å². The highest BCUT2D eigenvalue weighted by molar-refractivity contribution is 7.13. The number of thiophene rings is 1.